The normalized spacial score (nSPS) is 19.7. The van der Waals surface area contributed by atoms with Crippen molar-refractivity contribution in [2.45, 2.75) is 64.2 Å². The summed E-state index contributed by atoms with van der Waals surface area (Å²) in [6, 6.07) is 0. The van der Waals surface area contributed by atoms with Crippen molar-refractivity contribution in [3.8, 4) is 0 Å². The van der Waals surface area contributed by atoms with E-state index in [9.17, 15) is 4.79 Å². The van der Waals surface area contributed by atoms with Crippen molar-refractivity contribution in [1.29, 1.82) is 0 Å². The highest BCUT2D eigenvalue weighted by atomic mass is 127. The van der Waals surface area contributed by atoms with E-state index in [0.29, 0.717) is 0 Å². The number of hydrogen-bond donors (Lipinski definition) is 3. The van der Waals surface area contributed by atoms with E-state index in [1.165, 1.54) is 44.9 Å². The summed E-state index contributed by atoms with van der Waals surface area (Å²) in [7, 11) is 1.84. The molecule has 0 bridgehead atoms. The first-order valence-corrected chi connectivity index (χ1v) is 10.6. The first-order valence-electron chi connectivity index (χ1n) is 10.6. The van der Waals surface area contributed by atoms with Crippen LogP contribution >= 0.6 is 24.0 Å². The molecule has 4 N–H and O–H groups in total. The van der Waals surface area contributed by atoms with Gasteiger partial charge in [0.25, 0.3) is 0 Å². The summed E-state index contributed by atoms with van der Waals surface area (Å²) < 4.78 is 0. The van der Waals surface area contributed by atoms with E-state index in [-0.39, 0.29) is 35.8 Å². The molecule has 1 aliphatic carbocycles. The Labute approximate surface area is 182 Å². The van der Waals surface area contributed by atoms with Gasteiger partial charge in [-0.3, -0.25) is 9.79 Å². The zero-order chi connectivity index (χ0) is 18.6. The van der Waals surface area contributed by atoms with Gasteiger partial charge in [-0.2, -0.15) is 0 Å². The van der Waals surface area contributed by atoms with Crippen LogP contribution in [0, 0.1) is 11.8 Å². The summed E-state index contributed by atoms with van der Waals surface area (Å²) in [4.78, 5) is 18.0. The lowest BCUT2D eigenvalue weighted by molar-refractivity contribution is -0.123. The van der Waals surface area contributed by atoms with Crippen LogP contribution in [0.2, 0.25) is 0 Å². The quantitative estimate of drug-likeness (QED) is 0.189. The largest absolute Gasteiger partial charge is 0.369 e. The highest BCUT2D eigenvalue weighted by Gasteiger charge is 2.22. The van der Waals surface area contributed by atoms with Crippen LogP contribution in [0.3, 0.4) is 0 Å². The number of nitrogens with two attached hydrogens (primary N) is 1. The van der Waals surface area contributed by atoms with E-state index >= 15 is 0 Å². The maximum Gasteiger partial charge on any atom is 0.220 e. The molecule has 7 heteroatoms. The molecule has 0 aromatic carbocycles. The zero-order valence-corrected chi connectivity index (χ0v) is 19.4. The number of piperidine rings is 1. The van der Waals surface area contributed by atoms with Crippen molar-refractivity contribution in [1.82, 2.24) is 15.5 Å². The number of aliphatic imine (C=N–C) groups is 1. The average molecular weight is 493 g/mol. The lowest BCUT2D eigenvalue weighted by Gasteiger charge is -2.30. The van der Waals surface area contributed by atoms with Crippen LogP contribution < -0.4 is 16.4 Å². The molecule has 158 valence electrons. The van der Waals surface area contributed by atoms with Crippen LogP contribution in [-0.4, -0.2) is 56.5 Å². The van der Waals surface area contributed by atoms with Crippen LogP contribution in [0.25, 0.3) is 0 Å². The monoisotopic (exact) mass is 493 g/mol. The molecule has 2 fully saturated rings. The predicted molar refractivity (Wildman–Crippen MR) is 124 cm³/mol. The molecule has 1 aliphatic heterocycles. The number of guanidine groups is 1. The average Bonchev–Trinajstić information content (AvgIpc) is 3.17. The van der Waals surface area contributed by atoms with Gasteiger partial charge in [-0.25, -0.2) is 0 Å². The minimum absolute atomic E-state index is 0. The van der Waals surface area contributed by atoms with Gasteiger partial charge in [-0.15, -0.1) is 24.0 Å². The van der Waals surface area contributed by atoms with Gasteiger partial charge >= 0.3 is 0 Å². The third-order valence-electron chi connectivity index (χ3n) is 5.96. The number of nitrogens with zero attached hydrogens (tertiary/aromatic N) is 2. The number of carbonyl (C=O) groups excluding carboxylic acids is 1. The molecule has 1 saturated carbocycles. The van der Waals surface area contributed by atoms with Crippen molar-refractivity contribution in [2.24, 2.45) is 22.6 Å². The van der Waals surface area contributed by atoms with E-state index in [1.54, 1.807) is 0 Å². The number of nitrogens with one attached hydrogen (secondary N) is 2. The van der Waals surface area contributed by atoms with E-state index in [0.717, 1.165) is 63.9 Å². The second-order valence-electron chi connectivity index (χ2n) is 7.94. The van der Waals surface area contributed by atoms with E-state index in [4.69, 9.17) is 5.73 Å². The molecule has 0 unspecified atom stereocenters. The lowest BCUT2D eigenvalue weighted by Crippen LogP contribution is -2.40. The van der Waals surface area contributed by atoms with Gasteiger partial charge in [0.2, 0.25) is 5.91 Å². The second kappa shape index (κ2) is 14.4. The molecule has 0 aromatic heterocycles. The topological polar surface area (TPSA) is 82.8 Å². The number of unbranched alkanes of at least 4 members (excludes halogenated alkanes) is 1. The van der Waals surface area contributed by atoms with Crippen LogP contribution in [0.4, 0.5) is 0 Å². The second-order valence-corrected chi connectivity index (χ2v) is 7.94. The summed E-state index contributed by atoms with van der Waals surface area (Å²) in [5, 5.41) is 6.85. The number of primary amides is 1. The van der Waals surface area contributed by atoms with Gasteiger partial charge in [-0.05, 0) is 64.1 Å². The fraction of sp³-hybridized carbons (Fsp3) is 0.900. The predicted octanol–water partition coefficient (Wildman–Crippen LogP) is 2.72. The third kappa shape index (κ3) is 9.96. The smallest absolute Gasteiger partial charge is 0.220 e. The number of likely N-dealkylation sites (tertiary alicyclic amines) is 1. The number of hydrogen-bond acceptors (Lipinski definition) is 3. The Bertz CT molecular complexity index is 432. The minimum Gasteiger partial charge on any atom is -0.369 e. The number of rotatable bonds is 10. The molecule has 0 aromatic rings. The number of halogens is 1. The SMILES string of the molecule is CN=C(NCCCCN1CCC(C(N)=O)CC1)NCCCC1CCCC1.I. The minimum atomic E-state index is -0.129. The van der Waals surface area contributed by atoms with Crippen molar-refractivity contribution >= 4 is 35.8 Å². The molecule has 0 spiro atoms. The summed E-state index contributed by atoms with van der Waals surface area (Å²) in [6.07, 6.45) is 12.5. The molecule has 1 heterocycles. The van der Waals surface area contributed by atoms with Gasteiger partial charge in [0.15, 0.2) is 5.96 Å². The van der Waals surface area contributed by atoms with Gasteiger partial charge in [0.1, 0.15) is 0 Å². The van der Waals surface area contributed by atoms with Crippen molar-refractivity contribution in [3.63, 3.8) is 0 Å². The molecule has 1 amide bonds. The molecule has 6 nitrogen and oxygen atoms in total. The third-order valence-corrected chi connectivity index (χ3v) is 5.96. The zero-order valence-electron chi connectivity index (χ0n) is 17.0. The fourth-order valence-electron chi connectivity index (χ4n) is 4.23. The van der Waals surface area contributed by atoms with Gasteiger partial charge in [0, 0.05) is 26.1 Å². The number of amides is 1. The van der Waals surface area contributed by atoms with E-state index in [1.807, 2.05) is 7.05 Å². The molecule has 27 heavy (non-hydrogen) atoms. The highest BCUT2D eigenvalue weighted by Crippen LogP contribution is 2.28. The maximum absolute atomic E-state index is 11.2. The van der Waals surface area contributed by atoms with Gasteiger partial charge < -0.3 is 21.3 Å². The van der Waals surface area contributed by atoms with Gasteiger partial charge in [0.05, 0.1) is 0 Å². The van der Waals surface area contributed by atoms with Crippen LogP contribution in [-0.2, 0) is 4.79 Å². The first kappa shape index (κ1) is 24.5. The van der Waals surface area contributed by atoms with Crippen molar-refractivity contribution in [3.05, 3.63) is 0 Å². The highest BCUT2D eigenvalue weighted by molar-refractivity contribution is 14.0. The first-order chi connectivity index (χ1) is 12.7. The Hall–Kier alpha value is -0.570. The van der Waals surface area contributed by atoms with Crippen molar-refractivity contribution in [2.75, 3.05) is 39.8 Å². The summed E-state index contributed by atoms with van der Waals surface area (Å²) in [5.41, 5.74) is 5.39. The Morgan fingerprint density at radius 1 is 1.04 bits per heavy atom. The Balaban J connectivity index is 0.00000364. The standard InChI is InChI=1S/C20H39N5O.HI/c1-22-20(24-13-6-9-17-7-2-3-8-17)23-12-4-5-14-25-15-10-18(11-16-25)19(21)26;/h17-18H,2-16H2,1H3,(H2,21,26)(H2,22,23,24);1H. The molecular weight excluding hydrogens is 453 g/mol. The van der Waals surface area contributed by atoms with Gasteiger partial charge in [-0.1, -0.05) is 25.7 Å². The van der Waals surface area contributed by atoms with E-state index in [2.05, 4.69) is 20.5 Å². The van der Waals surface area contributed by atoms with E-state index < -0.39 is 0 Å². The van der Waals surface area contributed by atoms with Crippen LogP contribution in [0.5, 0.6) is 0 Å². The van der Waals surface area contributed by atoms with Crippen molar-refractivity contribution < 1.29 is 4.79 Å². The Morgan fingerprint density at radius 3 is 2.26 bits per heavy atom. The summed E-state index contributed by atoms with van der Waals surface area (Å²) in [6.45, 7) is 5.10. The van der Waals surface area contributed by atoms with Crippen LogP contribution in [0.15, 0.2) is 4.99 Å². The molecular formula is C20H40IN5O. The van der Waals surface area contributed by atoms with Crippen LogP contribution in [0.1, 0.15) is 64.2 Å². The number of carbonyl (C=O) groups is 1. The summed E-state index contributed by atoms with van der Waals surface area (Å²) >= 11 is 0. The Morgan fingerprint density at radius 2 is 1.67 bits per heavy atom. The molecule has 1 saturated heterocycles. The molecule has 0 atom stereocenters. The summed E-state index contributed by atoms with van der Waals surface area (Å²) in [5.74, 6) is 1.87. The molecule has 2 rings (SSSR count). The molecule has 0 radical (unpaired) electrons. The maximum atomic E-state index is 11.2. The lowest BCUT2D eigenvalue weighted by atomic mass is 9.96. The fourth-order valence-corrected chi connectivity index (χ4v) is 4.23. The molecule has 2 aliphatic rings. The Kier molecular flexibility index (Phi) is 13.1.